The number of likely N-dealkylation sites (tertiary alicyclic amines) is 1. The molecule has 0 bridgehead atoms. The molecule has 0 atom stereocenters. The molecule has 0 spiro atoms. The molecule has 5 heteroatoms. The third kappa shape index (κ3) is 2.74. The fourth-order valence-electron chi connectivity index (χ4n) is 2.64. The van der Waals surface area contributed by atoms with Crippen LogP contribution in [0.5, 0.6) is 0 Å². The monoisotopic (exact) mass is 291 g/mol. The summed E-state index contributed by atoms with van der Waals surface area (Å²) in [5.41, 5.74) is 0.724. The first-order chi connectivity index (χ1) is 9.78. The Hall–Kier alpha value is -0.905. The molecule has 0 aliphatic carbocycles. The lowest BCUT2D eigenvalue weighted by molar-refractivity contribution is 0.00578. The normalized spacial score (nSPS) is 24.1. The van der Waals surface area contributed by atoms with Gasteiger partial charge in [0, 0.05) is 12.0 Å². The SMILES string of the molecule is CC1(C)OB(c2cc(CN3CCC3)ccc2F)OC1(C)C. The highest BCUT2D eigenvalue weighted by atomic mass is 19.1. The summed E-state index contributed by atoms with van der Waals surface area (Å²) in [6.07, 6.45) is 1.26. The first kappa shape index (κ1) is 15.0. The molecular formula is C16H23BFNO2. The Labute approximate surface area is 126 Å². The maximum atomic E-state index is 14.2. The van der Waals surface area contributed by atoms with E-state index in [2.05, 4.69) is 4.90 Å². The first-order valence-electron chi connectivity index (χ1n) is 7.65. The number of halogens is 1. The minimum atomic E-state index is -0.633. The van der Waals surface area contributed by atoms with Gasteiger partial charge in [-0.25, -0.2) is 4.39 Å². The van der Waals surface area contributed by atoms with Gasteiger partial charge in [0.1, 0.15) is 5.82 Å². The van der Waals surface area contributed by atoms with Crippen molar-refractivity contribution in [2.45, 2.75) is 51.9 Å². The van der Waals surface area contributed by atoms with Gasteiger partial charge < -0.3 is 9.31 Å². The highest BCUT2D eigenvalue weighted by Crippen LogP contribution is 2.36. The van der Waals surface area contributed by atoms with Gasteiger partial charge in [0.05, 0.1) is 11.2 Å². The van der Waals surface area contributed by atoms with E-state index in [0.717, 1.165) is 25.2 Å². The van der Waals surface area contributed by atoms with E-state index in [1.165, 1.54) is 12.5 Å². The molecule has 2 fully saturated rings. The molecule has 2 aliphatic heterocycles. The maximum Gasteiger partial charge on any atom is 0.497 e. The lowest BCUT2D eigenvalue weighted by Crippen LogP contribution is -2.41. The van der Waals surface area contributed by atoms with Crippen molar-refractivity contribution in [3.05, 3.63) is 29.6 Å². The van der Waals surface area contributed by atoms with Gasteiger partial charge >= 0.3 is 7.12 Å². The molecule has 0 unspecified atom stereocenters. The fraction of sp³-hybridized carbons (Fsp3) is 0.625. The molecule has 21 heavy (non-hydrogen) atoms. The van der Waals surface area contributed by atoms with Crippen molar-refractivity contribution in [1.82, 2.24) is 4.90 Å². The molecular weight excluding hydrogens is 268 g/mol. The van der Waals surface area contributed by atoms with E-state index in [1.807, 2.05) is 39.8 Å². The smallest absolute Gasteiger partial charge is 0.399 e. The minimum Gasteiger partial charge on any atom is -0.399 e. The lowest BCUT2D eigenvalue weighted by atomic mass is 9.78. The predicted octanol–water partition coefficient (Wildman–Crippen LogP) is 2.33. The summed E-state index contributed by atoms with van der Waals surface area (Å²) >= 11 is 0. The standard InChI is InChI=1S/C16H23BFNO2/c1-15(2)16(3,4)21-17(20-15)13-10-12(6-7-14(13)18)11-19-8-5-9-19/h6-7,10H,5,8-9,11H2,1-4H3. The van der Waals surface area contributed by atoms with Gasteiger partial charge in [-0.3, -0.25) is 4.90 Å². The number of hydrogen-bond acceptors (Lipinski definition) is 3. The van der Waals surface area contributed by atoms with Gasteiger partial charge in [-0.05, 0) is 58.8 Å². The number of hydrogen-bond donors (Lipinski definition) is 0. The highest BCUT2D eigenvalue weighted by Gasteiger charge is 2.52. The van der Waals surface area contributed by atoms with Gasteiger partial charge in [0.2, 0.25) is 0 Å². The number of rotatable bonds is 3. The van der Waals surface area contributed by atoms with Crippen LogP contribution >= 0.6 is 0 Å². The molecule has 2 aliphatic rings. The van der Waals surface area contributed by atoms with Crippen LogP contribution in [0.3, 0.4) is 0 Å². The van der Waals surface area contributed by atoms with E-state index in [9.17, 15) is 4.39 Å². The molecule has 1 aromatic rings. The Balaban J connectivity index is 1.83. The first-order valence-corrected chi connectivity index (χ1v) is 7.65. The topological polar surface area (TPSA) is 21.7 Å². The summed E-state index contributed by atoms with van der Waals surface area (Å²) in [6.45, 7) is 11.0. The summed E-state index contributed by atoms with van der Waals surface area (Å²) in [5.74, 6) is -0.263. The molecule has 0 saturated carbocycles. The second kappa shape index (κ2) is 5.08. The van der Waals surface area contributed by atoms with Crippen molar-refractivity contribution in [3.8, 4) is 0 Å². The second-order valence-corrected chi connectivity index (χ2v) is 7.07. The molecule has 0 radical (unpaired) electrons. The molecule has 3 nitrogen and oxygen atoms in total. The van der Waals surface area contributed by atoms with Crippen LogP contribution in [0.15, 0.2) is 18.2 Å². The minimum absolute atomic E-state index is 0.263. The average molecular weight is 291 g/mol. The van der Waals surface area contributed by atoms with Crippen LogP contribution in [0.4, 0.5) is 4.39 Å². The molecule has 2 saturated heterocycles. The zero-order valence-electron chi connectivity index (χ0n) is 13.3. The summed E-state index contributed by atoms with van der Waals surface area (Å²) in [7, 11) is -0.633. The average Bonchev–Trinajstić information content (AvgIpc) is 2.55. The van der Waals surface area contributed by atoms with Crippen LogP contribution in [-0.4, -0.2) is 36.3 Å². The molecule has 0 N–H and O–H groups in total. The second-order valence-electron chi connectivity index (χ2n) is 7.07. The summed E-state index contributed by atoms with van der Waals surface area (Å²) in [5, 5.41) is 0. The van der Waals surface area contributed by atoms with Crippen molar-refractivity contribution >= 4 is 12.6 Å². The molecule has 3 rings (SSSR count). The van der Waals surface area contributed by atoms with Crippen molar-refractivity contribution in [1.29, 1.82) is 0 Å². The van der Waals surface area contributed by atoms with E-state index in [-0.39, 0.29) is 5.82 Å². The Kier molecular flexibility index (Phi) is 3.63. The van der Waals surface area contributed by atoms with Crippen LogP contribution < -0.4 is 5.46 Å². The molecule has 1 aromatic carbocycles. The van der Waals surface area contributed by atoms with Crippen LogP contribution in [0.1, 0.15) is 39.7 Å². The van der Waals surface area contributed by atoms with Gasteiger partial charge in [-0.1, -0.05) is 12.1 Å². The lowest BCUT2D eigenvalue weighted by Gasteiger charge is -2.32. The summed E-state index contributed by atoms with van der Waals surface area (Å²) in [6, 6.07) is 5.26. The maximum absolute atomic E-state index is 14.2. The predicted molar refractivity (Wildman–Crippen MR) is 82.0 cm³/mol. The third-order valence-corrected chi connectivity index (χ3v) is 4.92. The quantitative estimate of drug-likeness (QED) is 0.798. The molecule has 114 valence electrons. The zero-order chi connectivity index (χ0) is 15.3. The van der Waals surface area contributed by atoms with Crippen molar-refractivity contribution in [3.63, 3.8) is 0 Å². The van der Waals surface area contributed by atoms with Crippen molar-refractivity contribution in [2.24, 2.45) is 0 Å². The number of nitrogens with zero attached hydrogens (tertiary/aromatic N) is 1. The van der Waals surface area contributed by atoms with Crippen LogP contribution in [-0.2, 0) is 15.9 Å². The van der Waals surface area contributed by atoms with E-state index >= 15 is 0 Å². The van der Waals surface area contributed by atoms with Gasteiger partial charge in [-0.2, -0.15) is 0 Å². The van der Waals surface area contributed by atoms with E-state index in [1.54, 1.807) is 0 Å². The van der Waals surface area contributed by atoms with E-state index < -0.39 is 18.3 Å². The van der Waals surface area contributed by atoms with Gasteiger partial charge in [0.15, 0.2) is 0 Å². The summed E-state index contributed by atoms with van der Waals surface area (Å²) < 4.78 is 26.1. The fourth-order valence-corrected chi connectivity index (χ4v) is 2.64. The molecule has 0 amide bonds. The van der Waals surface area contributed by atoms with Crippen molar-refractivity contribution in [2.75, 3.05) is 13.1 Å². The third-order valence-electron chi connectivity index (χ3n) is 4.92. The van der Waals surface area contributed by atoms with E-state index in [4.69, 9.17) is 9.31 Å². The number of benzene rings is 1. The largest absolute Gasteiger partial charge is 0.497 e. The zero-order valence-corrected chi connectivity index (χ0v) is 13.3. The van der Waals surface area contributed by atoms with Crippen LogP contribution in [0.2, 0.25) is 0 Å². The Morgan fingerprint density at radius 3 is 2.29 bits per heavy atom. The highest BCUT2D eigenvalue weighted by molar-refractivity contribution is 6.62. The molecule has 2 heterocycles. The Bertz CT molecular complexity index is 527. The van der Waals surface area contributed by atoms with Gasteiger partial charge in [0.25, 0.3) is 0 Å². The summed E-state index contributed by atoms with van der Waals surface area (Å²) in [4.78, 5) is 2.35. The van der Waals surface area contributed by atoms with Crippen LogP contribution in [0, 0.1) is 5.82 Å². The Morgan fingerprint density at radius 2 is 1.76 bits per heavy atom. The van der Waals surface area contributed by atoms with Crippen molar-refractivity contribution < 1.29 is 13.7 Å². The van der Waals surface area contributed by atoms with Gasteiger partial charge in [-0.15, -0.1) is 0 Å². The Morgan fingerprint density at radius 1 is 1.14 bits per heavy atom. The molecule has 0 aromatic heterocycles. The van der Waals surface area contributed by atoms with E-state index in [0.29, 0.717) is 5.46 Å². The van der Waals surface area contributed by atoms with Crippen LogP contribution in [0.25, 0.3) is 0 Å².